The molecule has 0 bridgehead atoms. The van der Waals surface area contributed by atoms with Crippen molar-refractivity contribution >= 4 is 21.5 Å². The van der Waals surface area contributed by atoms with Crippen LogP contribution in [0.5, 0.6) is 5.75 Å². The fraction of sp³-hybridized carbons (Fsp3) is 0.407. The first-order valence-electron chi connectivity index (χ1n) is 12.4. The summed E-state index contributed by atoms with van der Waals surface area (Å²) in [6.45, 7) is 8.29. The molecule has 2 aromatic carbocycles. The summed E-state index contributed by atoms with van der Waals surface area (Å²) in [6, 6.07) is 16.5. The fourth-order valence-electron chi connectivity index (χ4n) is 4.27. The number of hydrogen-bond acceptors (Lipinski definition) is 6. The average molecular weight is 495 g/mol. The number of benzene rings is 2. The lowest BCUT2D eigenvalue weighted by molar-refractivity contribution is 0.331. The summed E-state index contributed by atoms with van der Waals surface area (Å²) in [7, 11) is -3.86. The smallest absolute Gasteiger partial charge is 0.265 e. The largest absolute Gasteiger partial charge is 0.492 e. The van der Waals surface area contributed by atoms with Gasteiger partial charge < -0.3 is 9.64 Å². The van der Waals surface area contributed by atoms with Crippen molar-refractivity contribution in [2.24, 2.45) is 0 Å². The van der Waals surface area contributed by atoms with Crippen LogP contribution in [0, 0.1) is 0 Å². The number of nitrogens with one attached hydrogen (secondary N) is 1. The van der Waals surface area contributed by atoms with E-state index in [2.05, 4.69) is 19.8 Å². The van der Waals surface area contributed by atoms with Crippen LogP contribution in [0.3, 0.4) is 0 Å². The third kappa shape index (κ3) is 6.11. The number of anilines is 2. The molecule has 1 fully saturated rings. The Kier molecular flexibility index (Phi) is 7.90. The molecule has 3 aromatic rings. The summed E-state index contributed by atoms with van der Waals surface area (Å²) < 4.78 is 35.0. The molecule has 7 nitrogen and oxygen atoms in total. The van der Waals surface area contributed by atoms with Gasteiger partial charge in [-0.15, -0.1) is 10.2 Å². The van der Waals surface area contributed by atoms with Crippen molar-refractivity contribution in [1.82, 2.24) is 10.2 Å². The zero-order valence-corrected chi connectivity index (χ0v) is 21.5. The number of ether oxygens (including phenoxy) is 1. The Bertz CT molecular complexity index is 1240. The van der Waals surface area contributed by atoms with Gasteiger partial charge in [-0.05, 0) is 67.6 Å². The fourth-order valence-corrected chi connectivity index (χ4v) is 5.50. The summed E-state index contributed by atoms with van der Waals surface area (Å²) in [6.07, 6.45) is 4.88. The van der Waals surface area contributed by atoms with Gasteiger partial charge in [0.2, 0.25) is 0 Å². The molecule has 0 unspecified atom stereocenters. The monoisotopic (exact) mass is 494 g/mol. The van der Waals surface area contributed by atoms with Gasteiger partial charge in [0, 0.05) is 24.3 Å². The third-order valence-electron chi connectivity index (χ3n) is 6.21. The first-order valence-corrected chi connectivity index (χ1v) is 13.8. The minimum Gasteiger partial charge on any atom is -0.492 e. The van der Waals surface area contributed by atoms with Crippen LogP contribution in [0.25, 0.3) is 11.3 Å². The normalized spacial score (nSPS) is 14.6. The van der Waals surface area contributed by atoms with Crippen molar-refractivity contribution in [2.45, 2.75) is 57.3 Å². The molecular weight excluding hydrogens is 460 g/mol. The van der Waals surface area contributed by atoms with Gasteiger partial charge in [-0.3, -0.25) is 4.72 Å². The van der Waals surface area contributed by atoms with Crippen LogP contribution in [0.1, 0.15) is 57.9 Å². The molecule has 4 rings (SSSR count). The second-order valence-corrected chi connectivity index (χ2v) is 10.8. The van der Waals surface area contributed by atoms with Gasteiger partial charge in [0.1, 0.15) is 10.6 Å². The molecule has 1 aliphatic heterocycles. The Morgan fingerprint density at radius 2 is 1.74 bits per heavy atom. The lowest BCUT2D eigenvalue weighted by Crippen LogP contribution is -2.25. The van der Waals surface area contributed by atoms with Gasteiger partial charge in [-0.1, -0.05) is 44.9 Å². The quantitative estimate of drug-likeness (QED) is 0.423. The molecule has 35 heavy (non-hydrogen) atoms. The van der Waals surface area contributed by atoms with Gasteiger partial charge in [0.25, 0.3) is 10.0 Å². The lowest BCUT2D eigenvalue weighted by atomic mass is 10.0. The average Bonchev–Trinajstić information content (AvgIpc) is 3.14. The van der Waals surface area contributed by atoms with E-state index in [4.69, 9.17) is 4.74 Å². The second-order valence-electron chi connectivity index (χ2n) is 9.16. The molecule has 0 spiro atoms. The predicted molar refractivity (Wildman–Crippen MR) is 141 cm³/mol. The summed E-state index contributed by atoms with van der Waals surface area (Å²) in [5.74, 6) is 1.43. The molecule has 0 saturated carbocycles. The first-order chi connectivity index (χ1) is 16.9. The molecule has 0 amide bonds. The number of nitrogens with zero attached hydrogens (tertiary/aromatic N) is 3. The molecule has 2 heterocycles. The van der Waals surface area contributed by atoms with Crippen LogP contribution in [0.4, 0.5) is 11.5 Å². The summed E-state index contributed by atoms with van der Waals surface area (Å²) >= 11 is 0. The maximum absolute atomic E-state index is 13.3. The van der Waals surface area contributed by atoms with Crippen molar-refractivity contribution in [3.8, 4) is 17.0 Å². The second kappa shape index (κ2) is 11.1. The summed E-state index contributed by atoms with van der Waals surface area (Å²) in [5, 5.41) is 8.88. The van der Waals surface area contributed by atoms with Crippen LogP contribution < -0.4 is 14.4 Å². The van der Waals surface area contributed by atoms with E-state index in [1.54, 1.807) is 24.3 Å². The van der Waals surface area contributed by atoms with Gasteiger partial charge in [-0.2, -0.15) is 0 Å². The molecule has 1 saturated heterocycles. The Morgan fingerprint density at radius 1 is 0.971 bits per heavy atom. The van der Waals surface area contributed by atoms with E-state index in [1.165, 1.54) is 25.7 Å². The van der Waals surface area contributed by atoms with Crippen LogP contribution in [0.2, 0.25) is 0 Å². The van der Waals surface area contributed by atoms with Crippen molar-refractivity contribution < 1.29 is 13.2 Å². The predicted octanol–water partition coefficient (Wildman–Crippen LogP) is 5.85. The van der Waals surface area contributed by atoms with E-state index in [1.807, 2.05) is 51.1 Å². The molecule has 0 radical (unpaired) electrons. The van der Waals surface area contributed by atoms with E-state index in [-0.39, 0.29) is 10.8 Å². The van der Waals surface area contributed by atoms with Crippen LogP contribution in [-0.4, -0.2) is 38.3 Å². The molecule has 1 N–H and O–H groups in total. The molecule has 0 atom stereocenters. The van der Waals surface area contributed by atoms with Crippen LogP contribution in [-0.2, 0) is 10.0 Å². The molecule has 8 heteroatoms. The number of sulfonamides is 1. The topological polar surface area (TPSA) is 84.4 Å². The molecular formula is C27H34N4O3S. The van der Waals surface area contributed by atoms with Gasteiger partial charge in [-0.25, -0.2) is 8.42 Å². The Hall–Kier alpha value is -3.13. The minimum absolute atomic E-state index is 0.137. The Labute approximate surface area is 208 Å². The maximum atomic E-state index is 13.3. The standard InChI is InChI=1S/C27H34N4O3S/c1-4-34-25-14-12-21(20(2)3)19-26(25)35(32,33)30-23-11-9-10-22(18-23)24-13-15-27(29-28-24)31-16-7-5-6-8-17-31/h9-15,18-20,30H,4-8,16-17H2,1-3H3. The van der Waals surface area contributed by atoms with Crippen LogP contribution in [0.15, 0.2) is 59.5 Å². The highest BCUT2D eigenvalue weighted by Gasteiger charge is 2.22. The first kappa shape index (κ1) is 25.0. The highest BCUT2D eigenvalue weighted by atomic mass is 32.2. The van der Waals surface area contributed by atoms with Crippen molar-refractivity contribution in [3.05, 3.63) is 60.2 Å². The lowest BCUT2D eigenvalue weighted by Gasteiger charge is -2.20. The highest BCUT2D eigenvalue weighted by Crippen LogP contribution is 2.31. The zero-order chi connectivity index (χ0) is 24.8. The molecule has 1 aromatic heterocycles. The molecule has 186 valence electrons. The number of aromatic nitrogens is 2. The van der Waals surface area contributed by atoms with Gasteiger partial charge in [0.05, 0.1) is 12.3 Å². The zero-order valence-electron chi connectivity index (χ0n) is 20.7. The molecule has 1 aliphatic rings. The van der Waals surface area contributed by atoms with Gasteiger partial charge in [0.15, 0.2) is 5.82 Å². The van der Waals surface area contributed by atoms with Gasteiger partial charge >= 0.3 is 0 Å². The summed E-state index contributed by atoms with van der Waals surface area (Å²) in [5.41, 5.74) is 2.88. The van der Waals surface area contributed by atoms with E-state index >= 15 is 0 Å². The van der Waals surface area contributed by atoms with Crippen molar-refractivity contribution in [3.63, 3.8) is 0 Å². The minimum atomic E-state index is -3.86. The number of hydrogen-bond donors (Lipinski definition) is 1. The van der Waals surface area contributed by atoms with Crippen LogP contribution >= 0.6 is 0 Å². The van der Waals surface area contributed by atoms with E-state index < -0.39 is 10.0 Å². The van der Waals surface area contributed by atoms with E-state index in [0.29, 0.717) is 23.7 Å². The maximum Gasteiger partial charge on any atom is 0.265 e. The Morgan fingerprint density at radius 3 is 2.40 bits per heavy atom. The van der Waals surface area contributed by atoms with E-state index in [0.717, 1.165) is 30.0 Å². The van der Waals surface area contributed by atoms with Crippen molar-refractivity contribution in [2.75, 3.05) is 29.3 Å². The highest BCUT2D eigenvalue weighted by molar-refractivity contribution is 7.92. The summed E-state index contributed by atoms with van der Waals surface area (Å²) in [4.78, 5) is 2.42. The third-order valence-corrected chi connectivity index (χ3v) is 7.62. The SMILES string of the molecule is CCOc1ccc(C(C)C)cc1S(=O)(=O)Nc1cccc(-c2ccc(N3CCCCCC3)nn2)c1. The molecule has 0 aliphatic carbocycles. The van der Waals surface area contributed by atoms with Crippen molar-refractivity contribution in [1.29, 1.82) is 0 Å². The van der Waals surface area contributed by atoms with E-state index in [9.17, 15) is 8.42 Å². The Balaban J connectivity index is 1.57. The number of rotatable bonds is 8.